The van der Waals surface area contributed by atoms with Gasteiger partial charge in [-0.25, -0.2) is 4.39 Å². The van der Waals surface area contributed by atoms with Crippen LogP contribution in [-0.4, -0.2) is 30.5 Å². The number of methoxy groups -OCH3 is 1. The van der Waals surface area contributed by atoms with Gasteiger partial charge in [-0.1, -0.05) is 18.9 Å². The number of thiophene rings is 1. The molecule has 1 unspecified atom stereocenters. The van der Waals surface area contributed by atoms with E-state index in [1.54, 1.807) is 13.2 Å². The second-order valence-corrected chi connectivity index (χ2v) is 8.26. The average Bonchev–Trinajstić information content (AvgIpc) is 3.34. The van der Waals surface area contributed by atoms with Crippen molar-refractivity contribution < 1.29 is 13.9 Å². The maximum absolute atomic E-state index is 14.4. The van der Waals surface area contributed by atoms with Gasteiger partial charge in [-0.3, -0.25) is 4.79 Å². The number of fused-ring (bicyclic) bond motifs is 1. The molecule has 1 aromatic heterocycles. The second-order valence-electron chi connectivity index (χ2n) is 7.21. The Balaban J connectivity index is 1.71. The van der Waals surface area contributed by atoms with Crippen molar-refractivity contribution in [3.63, 3.8) is 0 Å². The molecular weight excluding hydrogens is 337 g/mol. The number of hydrogen-bond acceptors (Lipinski definition) is 3. The molecule has 1 atom stereocenters. The van der Waals surface area contributed by atoms with Crippen LogP contribution in [0.15, 0.2) is 18.2 Å². The van der Waals surface area contributed by atoms with Crippen molar-refractivity contribution in [1.29, 1.82) is 0 Å². The van der Waals surface area contributed by atoms with E-state index in [2.05, 4.69) is 4.90 Å². The number of carbonyl (C=O) groups excluding carboxylic acids is 1. The van der Waals surface area contributed by atoms with E-state index < -0.39 is 0 Å². The third-order valence-corrected chi connectivity index (χ3v) is 6.94. The summed E-state index contributed by atoms with van der Waals surface area (Å²) in [5.41, 5.74) is 0.711. The number of rotatable bonds is 4. The van der Waals surface area contributed by atoms with Gasteiger partial charge < -0.3 is 9.64 Å². The highest BCUT2D eigenvalue weighted by Crippen LogP contribution is 2.39. The molecule has 0 spiro atoms. The minimum absolute atomic E-state index is 0.0713. The number of likely N-dealkylation sites (tertiary alicyclic amines) is 1. The third kappa shape index (κ3) is 2.97. The van der Waals surface area contributed by atoms with Crippen molar-refractivity contribution in [2.45, 2.75) is 51.2 Å². The molecule has 1 aliphatic carbocycles. The largest absolute Gasteiger partial charge is 0.380 e. The van der Waals surface area contributed by atoms with Crippen molar-refractivity contribution in [2.24, 2.45) is 5.92 Å². The summed E-state index contributed by atoms with van der Waals surface area (Å²) in [4.78, 5) is 16.1. The van der Waals surface area contributed by atoms with Gasteiger partial charge in [0.15, 0.2) is 0 Å². The summed E-state index contributed by atoms with van der Waals surface area (Å²) in [5.74, 6) is 0.444. The van der Waals surface area contributed by atoms with Gasteiger partial charge in [0.25, 0.3) is 5.91 Å². The first-order valence-corrected chi connectivity index (χ1v) is 10.0. The van der Waals surface area contributed by atoms with E-state index >= 15 is 0 Å². The van der Waals surface area contributed by atoms with E-state index in [0.717, 1.165) is 24.1 Å². The SMILES string of the molecule is COCc1c(C(=O)N2CCCC2C2CCCC2)sc2cccc(F)c12. The minimum Gasteiger partial charge on any atom is -0.380 e. The molecule has 3 nitrogen and oxygen atoms in total. The lowest BCUT2D eigenvalue weighted by Gasteiger charge is -2.29. The number of amides is 1. The molecule has 0 radical (unpaired) electrons. The topological polar surface area (TPSA) is 29.5 Å². The third-order valence-electron chi connectivity index (χ3n) is 5.75. The minimum atomic E-state index is -0.270. The Hall–Kier alpha value is -1.46. The van der Waals surface area contributed by atoms with Crippen LogP contribution in [0.2, 0.25) is 0 Å². The standard InChI is InChI=1S/C20H24FNO2S/c1-24-12-14-18-15(21)8-4-10-17(18)25-19(14)20(23)22-11-5-9-16(22)13-6-2-3-7-13/h4,8,10,13,16H,2-3,5-7,9,11-12H2,1H3. The molecule has 5 heteroatoms. The maximum Gasteiger partial charge on any atom is 0.264 e. The Morgan fingerprint density at radius 3 is 2.84 bits per heavy atom. The molecule has 134 valence electrons. The first-order chi connectivity index (χ1) is 12.2. The molecule has 0 N–H and O–H groups in total. The van der Waals surface area contributed by atoms with Gasteiger partial charge >= 0.3 is 0 Å². The number of benzene rings is 1. The molecule has 2 aliphatic rings. The van der Waals surface area contributed by atoms with Gasteiger partial charge in [0, 0.05) is 35.3 Å². The molecule has 2 aromatic rings. The number of ether oxygens (including phenoxy) is 1. The highest BCUT2D eigenvalue weighted by Gasteiger charge is 2.37. The number of halogens is 1. The van der Waals surface area contributed by atoms with Crippen LogP contribution in [0.3, 0.4) is 0 Å². The molecule has 1 aliphatic heterocycles. The monoisotopic (exact) mass is 361 g/mol. The zero-order valence-corrected chi connectivity index (χ0v) is 15.4. The molecule has 2 fully saturated rings. The summed E-state index contributed by atoms with van der Waals surface area (Å²) in [6, 6.07) is 5.41. The van der Waals surface area contributed by atoms with Crippen LogP contribution >= 0.6 is 11.3 Å². The Labute approximate surface area is 151 Å². The van der Waals surface area contributed by atoms with Crippen LogP contribution < -0.4 is 0 Å². The Kier molecular flexibility index (Phi) is 4.78. The Morgan fingerprint density at radius 1 is 1.28 bits per heavy atom. The van der Waals surface area contributed by atoms with E-state index in [1.807, 2.05) is 6.07 Å². The van der Waals surface area contributed by atoms with Gasteiger partial charge in [0.1, 0.15) is 5.82 Å². The van der Waals surface area contributed by atoms with E-state index in [0.29, 0.717) is 27.8 Å². The fourth-order valence-electron chi connectivity index (χ4n) is 4.63. The summed E-state index contributed by atoms with van der Waals surface area (Å²) < 4.78 is 20.5. The molecule has 0 bridgehead atoms. The van der Waals surface area contributed by atoms with Gasteiger partial charge in [0.2, 0.25) is 0 Å². The smallest absolute Gasteiger partial charge is 0.264 e. The molecule has 1 amide bonds. The lowest BCUT2D eigenvalue weighted by molar-refractivity contribution is 0.0690. The summed E-state index contributed by atoms with van der Waals surface area (Å²) >= 11 is 1.41. The van der Waals surface area contributed by atoms with Crippen molar-refractivity contribution in [3.05, 3.63) is 34.5 Å². The van der Waals surface area contributed by atoms with E-state index in [1.165, 1.54) is 43.1 Å². The predicted molar refractivity (Wildman–Crippen MR) is 98.5 cm³/mol. The lowest BCUT2D eigenvalue weighted by Crippen LogP contribution is -2.39. The van der Waals surface area contributed by atoms with Gasteiger partial charge in [-0.15, -0.1) is 11.3 Å². The van der Waals surface area contributed by atoms with Crippen molar-refractivity contribution in [2.75, 3.05) is 13.7 Å². The molecule has 25 heavy (non-hydrogen) atoms. The van der Waals surface area contributed by atoms with Crippen LogP contribution in [0.5, 0.6) is 0 Å². The summed E-state index contributed by atoms with van der Waals surface area (Å²) in [5, 5.41) is 0.550. The van der Waals surface area contributed by atoms with Gasteiger partial charge in [-0.2, -0.15) is 0 Å². The maximum atomic E-state index is 14.4. The summed E-state index contributed by atoms with van der Waals surface area (Å²) in [7, 11) is 1.59. The quantitative estimate of drug-likeness (QED) is 0.768. The van der Waals surface area contributed by atoms with Crippen molar-refractivity contribution in [3.8, 4) is 0 Å². The molecule has 1 aromatic carbocycles. The number of nitrogens with zero attached hydrogens (tertiary/aromatic N) is 1. The lowest BCUT2D eigenvalue weighted by atomic mass is 9.96. The molecule has 1 saturated carbocycles. The Bertz CT molecular complexity index is 781. The van der Waals surface area contributed by atoms with Gasteiger partial charge in [-0.05, 0) is 43.7 Å². The Morgan fingerprint density at radius 2 is 2.08 bits per heavy atom. The molecule has 1 saturated heterocycles. The number of hydrogen-bond donors (Lipinski definition) is 0. The van der Waals surface area contributed by atoms with Crippen molar-refractivity contribution in [1.82, 2.24) is 4.90 Å². The fraction of sp³-hybridized carbons (Fsp3) is 0.550. The zero-order valence-electron chi connectivity index (χ0n) is 14.6. The highest BCUT2D eigenvalue weighted by molar-refractivity contribution is 7.21. The van der Waals surface area contributed by atoms with Crippen molar-refractivity contribution >= 4 is 27.3 Å². The van der Waals surface area contributed by atoms with E-state index in [-0.39, 0.29) is 18.3 Å². The van der Waals surface area contributed by atoms with E-state index in [9.17, 15) is 9.18 Å². The first-order valence-electron chi connectivity index (χ1n) is 9.20. The van der Waals surface area contributed by atoms with Crippen LogP contribution in [0.4, 0.5) is 4.39 Å². The average molecular weight is 361 g/mol. The molecule has 4 rings (SSSR count). The summed E-state index contributed by atoms with van der Waals surface area (Å²) in [6.45, 7) is 1.09. The fourth-order valence-corrected chi connectivity index (χ4v) is 5.81. The zero-order chi connectivity index (χ0) is 17.4. The molecular formula is C20H24FNO2S. The highest BCUT2D eigenvalue weighted by atomic mass is 32.1. The van der Waals surface area contributed by atoms with E-state index in [4.69, 9.17) is 4.74 Å². The van der Waals surface area contributed by atoms with Crippen LogP contribution in [-0.2, 0) is 11.3 Å². The normalized spacial score (nSPS) is 21.5. The predicted octanol–water partition coefficient (Wildman–Crippen LogP) is 4.98. The number of carbonyl (C=O) groups is 1. The summed E-state index contributed by atoms with van der Waals surface area (Å²) in [6.07, 6.45) is 7.22. The second kappa shape index (κ2) is 7.04. The van der Waals surface area contributed by atoms with Crippen LogP contribution in [0.1, 0.15) is 53.8 Å². The van der Waals surface area contributed by atoms with Crippen LogP contribution in [0.25, 0.3) is 10.1 Å². The van der Waals surface area contributed by atoms with Gasteiger partial charge in [0.05, 0.1) is 11.5 Å². The first kappa shape index (κ1) is 17.0. The van der Waals surface area contributed by atoms with Crippen LogP contribution in [0, 0.1) is 11.7 Å². The molecule has 2 heterocycles.